The molecule has 0 saturated carbocycles. The number of amides is 1. The number of ketones is 1. The van der Waals surface area contributed by atoms with Gasteiger partial charge in [0.05, 0.1) is 32.6 Å². The second kappa shape index (κ2) is 7.47. The van der Waals surface area contributed by atoms with E-state index in [4.69, 9.17) is 14.2 Å². The van der Waals surface area contributed by atoms with Gasteiger partial charge < -0.3 is 19.1 Å². The first kappa shape index (κ1) is 17.8. The van der Waals surface area contributed by atoms with Gasteiger partial charge in [-0.2, -0.15) is 0 Å². The first-order valence-electron chi connectivity index (χ1n) is 8.35. The molecule has 0 atom stereocenters. The normalized spacial score (nSPS) is 13.0. The van der Waals surface area contributed by atoms with Crippen molar-refractivity contribution in [2.24, 2.45) is 0 Å². The molecule has 0 fully saturated rings. The minimum absolute atomic E-state index is 0.228. The Kier molecular flexibility index (Phi) is 5.11. The lowest BCUT2D eigenvalue weighted by Crippen LogP contribution is -2.30. The van der Waals surface area contributed by atoms with Gasteiger partial charge in [0.25, 0.3) is 11.7 Å². The summed E-state index contributed by atoms with van der Waals surface area (Å²) >= 11 is 0. The maximum atomic E-state index is 12.5. The van der Waals surface area contributed by atoms with E-state index in [1.807, 2.05) is 30.3 Å². The van der Waals surface area contributed by atoms with E-state index in [0.29, 0.717) is 23.7 Å². The van der Waals surface area contributed by atoms with Crippen LogP contribution in [0.15, 0.2) is 36.4 Å². The first-order valence-corrected chi connectivity index (χ1v) is 8.35. The molecule has 1 aliphatic heterocycles. The summed E-state index contributed by atoms with van der Waals surface area (Å²) in [6.45, 7) is 0.436. The standard InChI is InChI=1S/C20H21NO5/c1-24-15-12-14-16(19(26-3)18(15)25-2)17(22)20(23)21(14)11-7-10-13-8-5-4-6-9-13/h4-6,8-9,12H,7,10-11H2,1-3H3. The van der Waals surface area contributed by atoms with Gasteiger partial charge in [-0.05, 0) is 18.4 Å². The Hall–Kier alpha value is -3.02. The molecule has 0 radical (unpaired) electrons. The van der Waals surface area contributed by atoms with E-state index in [2.05, 4.69) is 0 Å². The molecule has 0 spiro atoms. The zero-order valence-electron chi connectivity index (χ0n) is 15.1. The van der Waals surface area contributed by atoms with Gasteiger partial charge in [-0.3, -0.25) is 9.59 Å². The SMILES string of the molecule is COc1cc2c(c(OC)c1OC)C(=O)C(=O)N2CCCc1ccccc1. The van der Waals surface area contributed by atoms with Crippen LogP contribution in [0.1, 0.15) is 22.3 Å². The number of methoxy groups -OCH3 is 3. The summed E-state index contributed by atoms with van der Waals surface area (Å²) in [7, 11) is 4.40. The third kappa shape index (κ3) is 2.98. The molecule has 0 aromatic heterocycles. The van der Waals surface area contributed by atoms with Crippen LogP contribution in [0.2, 0.25) is 0 Å². The second-order valence-corrected chi connectivity index (χ2v) is 5.91. The Labute approximate surface area is 152 Å². The Balaban J connectivity index is 1.90. The summed E-state index contributed by atoms with van der Waals surface area (Å²) in [6.07, 6.45) is 1.55. The summed E-state index contributed by atoms with van der Waals surface area (Å²) < 4.78 is 16.0. The highest BCUT2D eigenvalue weighted by molar-refractivity contribution is 6.53. The van der Waals surface area contributed by atoms with Crippen molar-refractivity contribution < 1.29 is 23.8 Å². The van der Waals surface area contributed by atoms with Crippen LogP contribution >= 0.6 is 0 Å². The molecule has 0 N–H and O–H groups in total. The number of rotatable bonds is 7. The van der Waals surface area contributed by atoms with Crippen LogP contribution < -0.4 is 19.1 Å². The second-order valence-electron chi connectivity index (χ2n) is 5.91. The number of benzene rings is 2. The van der Waals surface area contributed by atoms with Gasteiger partial charge in [0.15, 0.2) is 11.5 Å². The fraction of sp³-hybridized carbons (Fsp3) is 0.300. The lowest BCUT2D eigenvalue weighted by Gasteiger charge is -2.19. The number of aryl methyl sites for hydroxylation is 1. The quantitative estimate of drug-likeness (QED) is 0.715. The number of hydrogen-bond acceptors (Lipinski definition) is 5. The van der Waals surface area contributed by atoms with E-state index in [0.717, 1.165) is 12.8 Å². The Bertz CT molecular complexity index is 832. The predicted octanol–water partition coefficient (Wildman–Crippen LogP) is 2.87. The fourth-order valence-electron chi connectivity index (χ4n) is 3.22. The van der Waals surface area contributed by atoms with Gasteiger partial charge >= 0.3 is 0 Å². The lowest BCUT2D eigenvalue weighted by atomic mass is 10.1. The van der Waals surface area contributed by atoms with Crippen molar-refractivity contribution in [1.82, 2.24) is 0 Å². The van der Waals surface area contributed by atoms with Crippen LogP contribution in [0.5, 0.6) is 17.2 Å². The minimum atomic E-state index is -0.586. The maximum absolute atomic E-state index is 12.5. The Morgan fingerprint density at radius 2 is 1.62 bits per heavy atom. The highest BCUT2D eigenvalue weighted by atomic mass is 16.5. The largest absolute Gasteiger partial charge is 0.493 e. The third-order valence-electron chi connectivity index (χ3n) is 4.46. The first-order chi connectivity index (χ1) is 12.6. The maximum Gasteiger partial charge on any atom is 0.299 e. The number of anilines is 1. The molecule has 0 unspecified atom stereocenters. The molecule has 1 amide bonds. The van der Waals surface area contributed by atoms with Crippen molar-refractivity contribution in [1.29, 1.82) is 0 Å². The molecule has 26 heavy (non-hydrogen) atoms. The van der Waals surface area contributed by atoms with Gasteiger partial charge in [0, 0.05) is 12.6 Å². The van der Waals surface area contributed by atoms with Gasteiger partial charge in [-0.1, -0.05) is 30.3 Å². The highest BCUT2D eigenvalue weighted by Crippen LogP contribution is 2.48. The van der Waals surface area contributed by atoms with Crippen LogP contribution in [0.25, 0.3) is 0 Å². The van der Waals surface area contributed by atoms with Crippen molar-refractivity contribution in [3.05, 3.63) is 47.5 Å². The fourth-order valence-corrected chi connectivity index (χ4v) is 3.22. The Morgan fingerprint density at radius 1 is 0.923 bits per heavy atom. The molecule has 2 aromatic rings. The predicted molar refractivity (Wildman–Crippen MR) is 97.5 cm³/mol. The summed E-state index contributed by atoms with van der Waals surface area (Å²) in [6, 6.07) is 11.7. The molecule has 6 nitrogen and oxygen atoms in total. The van der Waals surface area contributed by atoms with Crippen molar-refractivity contribution in [2.75, 3.05) is 32.8 Å². The average molecular weight is 355 g/mol. The van der Waals surface area contributed by atoms with Crippen molar-refractivity contribution in [3.63, 3.8) is 0 Å². The number of ether oxygens (including phenoxy) is 3. The molecule has 0 aliphatic carbocycles. The number of fused-ring (bicyclic) bond motifs is 1. The molecule has 1 aliphatic rings. The van der Waals surface area contributed by atoms with Crippen molar-refractivity contribution in [3.8, 4) is 17.2 Å². The van der Waals surface area contributed by atoms with Crippen LogP contribution in [0.3, 0.4) is 0 Å². The average Bonchev–Trinajstić information content (AvgIpc) is 2.91. The molecule has 1 heterocycles. The summed E-state index contributed by atoms with van der Waals surface area (Å²) in [4.78, 5) is 26.5. The molecule has 3 rings (SSSR count). The summed E-state index contributed by atoms with van der Waals surface area (Å²) in [5.41, 5.74) is 1.92. The summed E-state index contributed by atoms with van der Waals surface area (Å²) in [5, 5.41) is 0. The lowest BCUT2D eigenvalue weighted by molar-refractivity contribution is -0.114. The Morgan fingerprint density at radius 3 is 2.23 bits per heavy atom. The van der Waals surface area contributed by atoms with Crippen molar-refractivity contribution in [2.45, 2.75) is 12.8 Å². The molecule has 6 heteroatoms. The molecule has 0 saturated heterocycles. The topological polar surface area (TPSA) is 65.1 Å². The van der Waals surface area contributed by atoms with E-state index < -0.39 is 11.7 Å². The number of carbonyl (C=O) groups is 2. The van der Waals surface area contributed by atoms with E-state index in [-0.39, 0.29) is 11.3 Å². The van der Waals surface area contributed by atoms with E-state index in [1.165, 1.54) is 31.8 Å². The zero-order valence-corrected chi connectivity index (χ0v) is 15.1. The molecule has 0 bridgehead atoms. The zero-order chi connectivity index (χ0) is 18.7. The van der Waals surface area contributed by atoms with Crippen LogP contribution in [0.4, 0.5) is 5.69 Å². The van der Waals surface area contributed by atoms with E-state index in [1.54, 1.807) is 6.07 Å². The third-order valence-corrected chi connectivity index (χ3v) is 4.46. The van der Waals surface area contributed by atoms with E-state index >= 15 is 0 Å². The van der Waals surface area contributed by atoms with Crippen LogP contribution in [0, 0.1) is 0 Å². The molecular weight excluding hydrogens is 334 g/mol. The summed E-state index contributed by atoms with van der Waals surface area (Å²) in [5.74, 6) is -0.190. The monoisotopic (exact) mass is 355 g/mol. The molecule has 2 aromatic carbocycles. The van der Waals surface area contributed by atoms with Crippen LogP contribution in [-0.4, -0.2) is 39.6 Å². The number of Topliss-reactive ketones (excluding diaryl/α,β-unsaturated/α-hetero) is 1. The number of hydrogen-bond donors (Lipinski definition) is 0. The number of carbonyl (C=O) groups excluding carboxylic acids is 2. The molecule has 136 valence electrons. The highest BCUT2D eigenvalue weighted by Gasteiger charge is 2.40. The van der Waals surface area contributed by atoms with Gasteiger partial charge in [-0.25, -0.2) is 0 Å². The number of nitrogens with zero attached hydrogens (tertiary/aromatic N) is 1. The van der Waals surface area contributed by atoms with Gasteiger partial charge in [-0.15, -0.1) is 0 Å². The van der Waals surface area contributed by atoms with Crippen molar-refractivity contribution >= 4 is 17.4 Å². The minimum Gasteiger partial charge on any atom is -0.493 e. The molecular formula is C20H21NO5. The smallest absolute Gasteiger partial charge is 0.299 e. The van der Waals surface area contributed by atoms with Crippen LogP contribution in [-0.2, 0) is 11.2 Å². The van der Waals surface area contributed by atoms with Gasteiger partial charge in [0.2, 0.25) is 5.75 Å². The van der Waals surface area contributed by atoms with E-state index in [9.17, 15) is 9.59 Å². The van der Waals surface area contributed by atoms with Gasteiger partial charge in [0.1, 0.15) is 0 Å².